The van der Waals surface area contributed by atoms with Crippen LogP contribution in [0.2, 0.25) is 6.32 Å². The van der Waals surface area contributed by atoms with Gasteiger partial charge in [0.2, 0.25) is 11.8 Å². The number of rotatable bonds is 11. The third-order valence-electron chi connectivity index (χ3n) is 6.16. The molecule has 12 heteroatoms. The van der Waals surface area contributed by atoms with Crippen molar-refractivity contribution in [3.8, 4) is 0 Å². The van der Waals surface area contributed by atoms with Gasteiger partial charge in [-0.2, -0.15) is 0 Å². The van der Waals surface area contributed by atoms with E-state index in [9.17, 15) is 19.2 Å². The predicted octanol–water partition coefficient (Wildman–Crippen LogP) is 2.96. The molecule has 38 heavy (non-hydrogen) atoms. The van der Waals surface area contributed by atoms with Gasteiger partial charge in [0, 0.05) is 19.4 Å². The molecule has 1 aliphatic heterocycles. The summed E-state index contributed by atoms with van der Waals surface area (Å²) in [5.74, 6) is -1.93. The van der Waals surface area contributed by atoms with E-state index < -0.39 is 65.4 Å². The first kappa shape index (κ1) is 33.7. The highest BCUT2D eigenvalue weighted by Gasteiger charge is 2.50. The van der Waals surface area contributed by atoms with Gasteiger partial charge in [0.1, 0.15) is 17.2 Å². The van der Waals surface area contributed by atoms with Crippen LogP contribution in [0.25, 0.3) is 0 Å². The molecule has 1 rings (SSSR count). The highest BCUT2D eigenvalue weighted by atomic mass is 16.7. The molecule has 1 heterocycles. The molecule has 218 valence electrons. The lowest BCUT2D eigenvalue weighted by atomic mass is 9.80. The fourth-order valence-corrected chi connectivity index (χ4v) is 3.74. The van der Waals surface area contributed by atoms with Crippen LogP contribution in [0, 0.1) is 5.92 Å². The minimum absolute atomic E-state index is 0.0718. The second kappa shape index (κ2) is 13.1. The Hall–Kier alpha value is -2.34. The molecule has 1 saturated heterocycles. The number of esters is 1. The van der Waals surface area contributed by atoms with Gasteiger partial charge in [-0.3, -0.25) is 9.59 Å². The quantitative estimate of drug-likeness (QED) is 0.268. The Kier molecular flexibility index (Phi) is 11.7. The van der Waals surface area contributed by atoms with Gasteiger partial charge in [-0.25, -0.2) is 9.59 Å². The van der Waals surface area contributed by atoms with E-state index in [0.29, 0.717) is 19.2 Å². The van der Waals surface area contributed by atoms with Crippen LogP contribution in [0.15, 0.2) is 0 Å². The van der Waals surface area contributed by atoms with Crippen molar-refractivity contribution in [2.75, 3.05) is 13.1 Å². The molecule has 11 nitrogen and oxygen atoms in total. The van der Waals surface area contributed by atoms with Gasteiger partial charge in [0.25, 0.3) is 0 Å². The zero-order valence-electron chi connectivity index (χ0n) is 25.0. The Balaban J connectivity index is 2.90. The fourth-order valence-electron chi connectivity index (χ4n) is 3.74. The molecule has 0 aromatic carbocycles. The third kappa shape index (κ3) is 12.0. The standard InChI is InChI=1S/C26H48BN3O8/c1-17(31)30-20(21(33)35-23(2,3)4)18(13-12-14-27-37-25(8,9)26(10,11)38-27)15-28-19(32)16-29-22(34)36-24(5,6)7/h18,20H,12-16H2,1-11H3,(H,28,32)(H,29,34)(H,30,31)/t18-,20-/m0/s1. The number of amides is 3. The van der Waals surface area contributed by atoms with Gasteiger partial charge in [-0.15, -0.1) is 0 Å². The summed E-state index contributed by atoms with van der Waals surface area (Å²) < 4.78 is 22.8. The minimum Gasteiger partial charge on any atom is -0.458 e. The lowest BCUT2D eigenvalue weighted by Crippen LogP contribution is -2.51. The molecule has 0 unspecified atom stereocenters. The lowest BCUT2D eigenvalue weighted by molar-refractivity contribution is -0.160. The van der Waals surface area contributed by atoms with Gasteiger partial charge in [0.15, 0.2) is 0 Å². The molecule has 1 fully saturated rings. The van der Waals surface area contributed by atoms with Crippen molar-refractivity contribution in [2.24, 2.45) is 5.92 Å². The maximum atomic E-state index is 13.0. The number of ether oxygens (including phenoxy) is 2. The van der Waals surface area contributed by atoms with Crippen LogP contribution < -0.4 is 16.0 Å². The summed E-state index contributed by atoms with van der Waals surface area (Å²) in [6.45, 7) is 19.4. The molecule has 3 N–H and O–H groups in total. The third-order valence-corrected chi connectivity index (χ3v) is 6.16. The Morgan fingerprint density at radius 3 is 1.87 bits per heavy atom. The fraction of sp³-hybridized carbons (Fsp3) is 0.846. The number of hydrogen-bond donors (Lipinski definition) is 3. The van der Waals surface area contributed by atoms with Crippen molar-refractivity contribution < 1.29 is 38.0 Å². The zero-order chi connectivity index (χ0) is 29.5. The van der Waals surface area contributed by atoms with E-state index >= 15 is 0 Å². The predicted molar refractivity (Wildman–Crippen MR) is 144 cm³/mol. The van der Waals surface area contributed by atoms with E-state index in [1.165, 1.54) is 6.92 Å². The smallest absolute Gasteiger partial charge is 0.457 e. The first-order chi connectivity index (χ1) is 17.1. The zero-order valence-corrected chi connectivity index (χ0v) is 25.0. The van der Waals surface area contributed by atoms with Gasteiger partial charge >= 0.3 is 19.2 Å². The van der Waals surface area contributed by atoms with E-state index in [4.69, 9.17) is 18.8 Å². The number of nitrogens with one attached hydrogen (secondary N) is 3. The van der Waals surface area contributed by atoms with Crippen LogP contribution in [0.4, 0.5) is 4.79 Å². The summed E-state index contributed by atoms with van der Waals surface area (Å²) in [6, 6.07) is -0.982. The number of alkyl carbamates (subject to hydrolysis) is 1. The Bertz CT molecular complexity index is 832. The Morgan fingerprint density at radius 1 is 0.868 bits per heavy atom. The largest absolute Gasteiger partial charge is 0.458 e. The van der Waals surface area contributed by atoms with Crippen molar-refractivity contribution in [3.05, 3.63) is 0 Å². The molecule has 2 atom stereocenters. The van der Waals surface area contributed by atoms with Crippen molar-refractivity contribution in [3.63, 3.8) is 0 Å². The molecular formula is C26H48BN3O8. The van der Waals surface area contributed by atoms with Crippen LogP contribution in [-0.2, 0) is 33.2 Å². The van der Waals surface area contributed by atoms with Crippen molar-refractivity contribution in [1.29, 1.82) is 0 Å². The highest BCUT2D eigenvalue weighted by molar-refractivity contribution is 6.45. The van der Waals surface area contributed by atoms with Crippen LogP contribution in [0.3, 0.4) is 0 Å². The van der Waals surface area contributed by atoms with E-state index in [2.05, 4.69) is 16.0 Å². The molecule has 0 aliphatic carbocycles. The average Bonchev–Trinajstić information content (AvgIpc) is 2.90. The topological polar surface area (TPSA) is 141 Å². The molecule has 0 radical (unpaired) electrons. The van der Waals surface area contributed by atoms with Gasteiger partial charge in [-0.05, 0) is 82.0 Å². The van der Waals surface area contributed by atoms with Crippen molar-refractivity contribution in [1.82, 2.24) is 16.0 Å². The molecular weight excluding hydrogens is 493 g/mol. The van der Waals surface area contributed by atoms with Crippen LogP contribution >= 0.6 is 0 Å². The van der Waals surface area contributed by atoms with Crippen LogP contribution in [0.5, 0.6) is 0 Å². The molecule has 1 aliphatic rings. The van der Waals surface area contributed by atoms with Crippen molar-refractivity contribution in [2.45, 2.75) is 124 Å². The second-order valence-electron chi connectivity index (χ2n) is 12.7. The molecule has 0 aromatic rings. The lowest BCUT2D eigenvalue weighted by Gasteiger charge is -2.32. The number of carbonyl (C=O) groups excluding carboxylic acids is 4. The number of carbonyl (C=O) groups is 4. The van der Waals surface area contributed by atoms with Gasteiger partial charge < -0.3 is 34.7 Å². The highest BCUT2D eigenvalue weighted by Crippen LogP contribution is 2.38. The SMILES string of the molecule is CC(=O)N[C@H](C(=O)OC(C)(C)C)[C@@H](CCCB1OC(C)(C)C(C)(C)O1)CNC(=O)CNC(=O)OC(C)(C)C. The van der Waals surface area contributed by atoms with Crippen LogP contribution in [-0.4, -0.2) is 72.5 Å². The summed E-state index contributed by atoms with van der Waals surface area (Å²) in [7, 11) is -0.408. The van der Waals surface area contributed by atoms with E-state index in [1.54, 1.807) is 41.5 Å². The summed E-state index contributed by atoms with van der Waals surface area (Å²) in [6.07, 6.45) is 0.926. The molecule has 0 saturated carbocycles. The normalized spacial score (nSPS) is 18.2. The second-order valence-corrected chi connectivity index (χ2v) is 12.7. The van der Waals surface area contributed by atoms with E-state index in [-0.39, 0.29) is 13.1 Å². The van der Waals surface area contributed by atoms with Gasteiger partial charge in [-0.1, -0.05) is 6.42 Å². The first-order valence-electron chi connectivity index (χ1n) is 13.2. The number of hydrogen-bond acceptors (Lipinski definition) is 8. The summed E-state index contributed by atoms with van der Waals surface area (Å²) >= 11 is 0. The average molecular weight is 541 g/mol. The van der Waals surface area contributed by atoms with E-state index in [1.807, 2.05) is 27.7 Å². The maximum absolute atomic E-state index is 13.0. The monoisotopic (exact) mass is 541 g/mol. The summed E-state index contributed by atoms with van der Waals surface area (Å²) in [5.41, 5.74) is -2.37. The molecule has 0 spiro atoms. The first-order valence-corrected chi connectivity index (χ1v) is 13.2. The Labute approximate surface area is 227 Å². The van der Waals surface area contributed by atoms with E-state index in [0.717, 1.165) is 0 Å². The molecule has 0 aromatic heterocycles. The molecule has 0 bridgehead atoms. The maximum Gasteiger partial charge on any atom is 0.457 e. The summed E-state index contributed by atoms with van der Waals surface area (Å²) in [4.78, 5) is 49.3. The molecule has 3 amide bonds. The Morgan fingerprint density at radius 2 is 1.39 bits per heavy atom. The van der Waals surface area contributed by atoms with Gasteiger partial charge in [0.05, 0.1) is 17.7 Å². The minimum atomic E-state index is -0.982. The van der Waals surface area contributed by atoms with Crippen LogP contribution in [0.1, 0.15) is 89.0 Å². The van der Waals surface area contributed by atoms with Crippen molar-refractivity contribution >= 4 is 31.0 Å². The summed E-state index contributed by atoms with van der Waals surface area (Å²) in [5, 5.41) is 7.84.